The van der Waals surface area contributed by atoms with Gasteiger partial charge >= 0.3 is 0 Å². The minimum Gasteiger partial charge on any atom is -0.378 e. The average Bonchev–Trinajstić information content (AvgIpc) is 3.00. The zero-order chi connectivity index (χ0) is 16.5. The van der Waals surface area contributed by atoms with Crippen molar-refractivity contribution in [2.24, 2.45) is 0 Å². The first kappa shape index (κ1) is 16.1. The highest BCUT2D eigenvalue weighted by Crippen LogP contribution is 2.34. The zero-order valence-corrected chi connectivity index (χ0v) is 15.2. The van der Waals surface area contributed by atoms with Gasteiger partial charge in [0.1, 0.15) is 4.83 Å². The number of unbranched alkanes of at least 4 members (excludes halogenated alkanes) is 1. The normalized spacial score (nSPS) is 18.1. The molecule has 4 rings (SSSR count). The van der Waals surface area contributed by atoms with Gasteiger partial charge in [-0.1, -0.05) is 13.3 Å². The van der Waals surface area contributed by atoms with Gasteiger partial charge in [-0.3, -0.25) is 9.36 Å². The number of rotatable bonds is 4. The second-order valence-electron chi connectivity index (χ2n) is 6.71. The van der Waals surface area contributed by atoms with E-state index in [1.807, 2.05) is 4.57 Å². The van der Waals surface area contributed by atoms with E-state index in [1.54, 1.807) is 11.3 Å². The highest BCUT2D eigenvalue weighted by molar-refractivity contribution is 7.18. The van der Waals surface area contributed by atoms with Crippen molar-refractivity contribution in [1.29, 1.82) is 0 Å². The Kier molecular flexibility index (Phi) is 4.59. The molecule has 0 atom stereocenters. The lowest BCUT2D eigenvalue weighted by molar-refractivity contribution is 0.121. The van der Waals surface area contributed by atoms with Crippen molar-refractivity contribution in [3.63, 3.8) is 0 Å². The van der Waals surface area contributed by atoms with Crippen molar-refractivity contribution < 1.29 is 4.74 Å². The first-order valence-electron chi connectivity index (χ1n) is 9.17. The third-order valence-corrected chi connectivity index (χ3v) is 6.27. The highest BCUT2D eigenvalue weighted by atomic mass is 32.1. The highest BCUT2D eigenvalue weighted by Gasteiger charge is 2.24. The van der Waals surface area contributed by atoms with Crippen molar-refractivity contribution in [3.8, 4) is 0 Å². The number of anilines is 1. The second kappa shape index (κ2) is 6.84. The summed E-state index contributed by atoms with van der Waals surface area (Å²) in [6.45, 7) is 5.98. The van der Waals surface area contributed by atoms with Crippen LogP contribution in [0.1, 0.15) is 43.0 Å². The van der Waals surface area contributed by atoms with Crippen molar-refractivity contribution in [3.05, 3.63) is 20.8 Å². The number of thiophene rings is 1. The van der Waals surface area contributed by atoms with Crippen LogP contribution in [0.2, 0.25) is 0 Å². The van der Waals surface area contributed by atoms with Gasteiger partial charge in [-0.15, -0.1) is 11.3 Å². The maximum absolute atomic E-state index is 13.3. The second-order valence-corrected chi connectivity index (χ2v) is 7.80. The Morgan fingerprint density at radius 1 is 1.21 bits per heavy atom. The molecule has 0 bridgehead atoms. The molecule has 2 aromatic heterocycles. The molecule has 130 valence electrons. The Morgan fingerprint density at radius 3 is 2.79 bits per heavy atom. The Hall–Kier alpha value is -1.40. The summed E-state index contributed by atoms with van der Waals surface area (Å²) < 4.78 is 7.40. The van der Waals surface area contributed by atoms with Crippen LogP contribution in [0.15, 0.2) is 4.79 Å². The fraction of sp³-hybridized carbons (Fsp3) is 0.667. The van der Waals surface area contributed by atoms with Gasteiger partial charge in [0, 0.05) is 24.5 Å². The zero-order valence-electron chi connectivity index (χ0n) is 14.3. The van der Waals surface area contributed by atoms with Crippen molar-refractivity contribution >= 4 is 27.5 Å². The van der Waals surface area contributed by atoms with E-state index in [0.29, 0.717) is 13.2 Å². The quantitative estimate of drug-likeness (QED) is 0.853. The number of aromatic nitrogens is 2. The number of hydrogen-bond acceptors (Lipinski definition) is 5. The maximum atomic E-state index is 13.3. The molecule has 0 unspecified atom stereocenters. The molecule has 0 spiro atoms. The van der Waals surface area contributed by atoms with E-state index in [0.717, 1.165) is 61.5 Å². The Morgan fingerprint density at radius 2 is 2.00 bits per heavy atom. The third-order valence-electron chi connectivity index (χ3n) is 5.08. The number of ether oxygens (including phenoxy) is 1. The molecular weight excluding hydrogens is 322 g/mol. The summed E-state index contributed by atoms with van der Waals surface area (Å²) in [5.74, 6) is 0.850. The lowest BCUT2D eigenvalue weighted by Crippen LogP contribution is -2.40. The lowest BCUT2D eigenvalue weighted by Gasteiger charge is -2.29. The van der Waals surface area contributed by atoms with Crippen LogP contribution in [0.25, 0.3) is 10.2 Å². The van der Waals surface area contributed by atoms with E-state index in [1.165, 1.54) is 23.3 Å². The maximum Gasteiger partial charge on any atom is 0.263 e. The predicted molar refractivity (Wildman–Crippen MR) is 98.5 cm³/mol. The standard InChI is InChI=1S/C18H25N3O2S/c1-2-3-8-21-17(22)15-13-6-4-5-7-14(13)24-16(15)19-18(21)20-9-11-23-12-10-20/h2-12H2,1H3. The molecule has 24 heavy (non-hydrogen) atoms. The largest absolute Gasteiger partial charge is 0.378 e. The minimum absolute atomic E-state index is 0.175. The summed E-state index contributed by atoms with van der Waals surface area (Å²) in [6, 6.07) is 0. The van der Waals surface area contributed by atoms with Crippen molar-refractivity contribution in [2.45, 2.75) is 52.0 Å². The van der Waals surface area contributed by atoms with Crippen LogP contribution >= 0.6 is 11.3 Å². The van der Waals surface area contributed by atoms with Crippen molar-refractivity contribution in [2.75, 3.05) is 31.2 Å². The summed E-state index contributed by atoms with van der Waals surface area (Å²) in [4.78, 5) is 22.8. The molecule has 0 amide bonds. The third kappa shape index (κ3) is 2.75. The number of morpholine rings is 1. The fourth-order valence-corrected chi connectivity index (χ4v) is 5.00. The first-order valence-corrected chi connectivity index (χ1v) is 9.99. The van der Waals surface area contributed by atoms with Gasteiger partial charge in [-0.25, -0.2) is 4.98 Å². The molecule has 6 heteroatoms. The molecule has 0 saturated carbocycles. The van der Waals surface area contributed by atoms with Crippen LogP contribution in [0.4, 0.5) is 5.95 Å². The molecule has 0 radical (unpaired) electrons. The molecule has 1 saturated heterocycles. The summed E-state index contributed by atoms with van der Waals surface area (Å²) >= 11 is 1.74. The predicted octanol–water partition coefficient (Wildman–Crippen LogP) is 2.97. The van der Waals surface area contributed by atoms with E-state index in [9.17, 15) is 4.79 Å². The van der Waals surface area contributed by atoms with Gasteiger partial charge in [-0.05, 0) is 37.7 Å². The van der Waals surface area contributed by atoms with E-state index < -0.39 is 0 Å². The van der Waals surface area contributed by atoms with E-state index in [-0.39, 0.29) is 5.56 Å². The van der Waals surface area contributed by atoms with Crippen LogP contribution in [0.5, 0.6) is 0 Å². The number of fused-ring (bicyclic) bond motifs is 3. The molecule has 1 aliphatic carbocycles. The average molecular weight is 347 g/mol. The van der Waals surface area contributed by atoms with Gasteiger partial charge in [0.2, 0.25) is 5.95 Å². The molecule has 2 aromatic rings. The smallest absolute Gasteiger partial charge is 0.263 e. The molecular formula is C18H25N3O2S. The van der Waals surface area contributed by atoms with E-state index >= 15 is 0 Å². The van der Waals surface area contributed by atoms with E-state index in [2.05, 4.69) is 11.8 Å². The van der Waals surface area contributed by atoms with Crippen LogP contribution < -0.4 is 10.5 Å². The van der Waals surface area contributed by atoms with Gasteiger partial charge < -0.3 is 9.64 Å². The molecule has 5 nitrogen and oxygen atoms in total. The Bertz CT molecular complexity index is 790. The number of hydrogen-bond donors (Lipinski definition) is 0. The summed E-state index contributed by atoms with van der Waals surface area (Å²) in [7, 11) is 0. The molecule has 1 fully saturated rings. The summed E-state index contributed by atoms with van der Waals surface area (Å²) in [5, 5.41) is 0.905. The molecule has 0 aromatic carbocycles. The SMILES string of the molecule is CCCCn1c(N2CCOCC2)nc2sc3c(c2c1=O)CCCC3. The van der Waals surface area contributed by atoms with Gasteiger partial charge in [0.25, 0.3) is 5.56 Å². The van der Waals surface area contributed by atoms with Crippen molar-refractivity contribution in [1.82, 2.24) is 9.55 Å². The Labute approximate surface area is 146 Å². The van der Waals surface area contributed by atoms with Crippen LogP contribution in [0.3, 0.4) is 0 Å². The monoisotopic (exact) mass is 347 g/mol. The molecule has 3 heterocycles. The first-order chi connectivity index (χ1) is 11.8. The van der Waals surface area contributed by atoms with Gasteiger partial charge in [0.15, 0.2) is 0 Å². The Balaban J connectivity index is 1.88. The van der Waals surface area contributed by atoms with Crippen LogP contribution in [-0.4, -0.2) is 35.9 Å². The van der Waals surface area contributed by atoms with E-state index in [4.69, 9.17) is 9.72 Å². The lowest BCUT2D eigenvalue weighted by atomic mass is 9.97. The van der Waals surface area contributed by atoms with Gasteiger partial charge in [0.05, 0.1) is 18.6 Å². The molecule has 2 aliphatic rings. The molecule has 1 aliphatic heterocycles. The van der Waals surface area contributed by atoms with Gasteiger partial charge in [-0.2, -0.15) is 0 Å². The summed E-state index contributed by atoms with van der Waals surface area (Å²) in [5.41, 5.74) is 1.46. The minimum atomic E-state index is 0.175. The number of aryl methyl sites for hydroxylation is 2. The fourth-order valence-electron chi connectivity index (χ4n) is 3.75. The molecule has 0 N–H and O–H groups in total. The topological polar surface area (TPSA) is 47.4 Å². The van der Waals surface area contributed by atoms with Crippen LogP contribution in [-0.2, 0) is 24.1 Å². The van der Waals surface area contributed by atoms with Crippen LogP contribution in [0, 0.1) is 0 Å². The number of nitrogens with zero attached hydrogens (tertiary/aromatic N) is 3. The summed E-state index contributed by atoms with van der Waals surface area (Å²) in [6.07, 6.45) is 6.67.